The number of hydrogen-bond donors (Lipinski definition) is 1. The number of amides is 2. The summed E-state index contributed by atoms with van der Waals surface area (Å²) in [5.41, 5.74) is 0.736. The number of nitrogens with one attached hydrogen (secondary N) is 1. The molecule has 0 spiro atoms. The van der Waals surface area contributed by atoms with Crippen LogP contribution in [0.15, 0.2) is 24.3 Å². The van der Waals surface area contributed by atoms with Gasteiger partial charge in [0.2, 0.25) is 0 Å². The van der Waals surface area contributed by atoms with Gasteiger partial charge < -0.3 is 15.0 Å². The summed E-state index contributed by atoms with van der Waals surface area (Å²) in [7, 11) is 3.38. The zero-order valence-electron chi connectivity index (χ0n) is 10.1. The smallest absolute Gasteiger partial charge is 0.321 e. The van der Waals surface area contributed by atoms with Crippen LogP contribution in [0.1, 0.15) is 6.42 Å². The molecule has 1 rings (SSSR count). The number of hydrogen-bond acceptors (Lipinski definition) is 2. The van der Waals surface area contributed by atoms with Crippen molar-refractivity contribution in [3.8, 4) is 5.75 Å². The lowest BCUT2D eigenvalue weighted by atomic mass is 10.3. The Morgan fingerprint density at radius 2 is 2.29 bits per heavy atom. The number of rotatable bonds is 5. The molecule has 0 aliphatic rings. The summed E-state index contributed by atoms with van der Waals surface area (Å²) < 4.78 is 5.09. The first-order valence-corrected chi connectivity index (χ1v) is 6.51. The van der Waals surface area contributed by atoms with Crippen molar-refractivity contribution in [1.29, 1.82) is 0 Å². The van der Waals surface area contributed by atoms with Crippen LogP contribution in [0, 0.1) is 0 Å². The Morgan fingerprint density at radius 1 is 1.53 bits per heavy atom. The van der Waals surface area contributed by atoms with E-state index in [1.807, 2.05) is 18.2 Å². The largest absolute Gasteiger partial charge is 0.497 e. The van der Waals surface area contributed by atoms with Crippen LogP contribution in [0.2, 0.25) is 0 Å². The van der Waals surface area contributed by atoms with Crippen molar-refractivity contribution in [1.82, 2.24) is 4.90 Å². The van der Waals surface area contributed by atoms with Crippen molar-refractivity contribution in [3.05, 3.63) is 24.3 Å². The van der Waals surface area contributed by atoms with Crippen LogP contribution in [-0.4, -0.2) is 37.0 Å². The van der Waals surface area contributed by atoms with Gasteiger partial charge in [-0.25, -0.2) is 4.79 Å². The molecule has 1 aromatic carbocycles. The average Bonchev–Trinajstić information content (AvgIpc) is 2.36. The van der Waals surface area contributed by atoms with E-state index in [9.17, 15) is 4.79 Å². The Kier molecular flexibility index (Phi) is 5.83. The molecule has 0 fully saturated rings. The van der Waals surface area contributed by atoms with Crippen molar-refractivity contribution in [2.75, 3.05) is 31.3 Å². The Balaban J connectivity index is 2.54. The Hall–Kier alpha value is -1.23. The SMILES string of the molecule is COc1cccc(NC(=O)N(C)CCCBr)c1. The minimum atomic E-state index is -0.112. The number of carbonyl (C=O) groups is 1. The first kappa shape index (κ1) is 13.8. The lowest BCUT2D eigenvalue weighted by Gasteiger charge is -2.17. The number of urea groups is 1. The molecule has 0 aliphatic heterocycles. The van der Waals surface area contributed by atoms with Crippen LogP contribution in [0.5, 0.6) is 5.75 Å². The molecule has 0 heterocycles. The molecule has 4 nitrogen and oxygen atoms in total. The summed E-state index contributed by atoms with van der Waals surface area (Å²) in [5, 5.41) is 3.71. The molecule has 0 bridgehead atoms. The molecule has 0 saturated carbocycles. The maximum atomic E-state index is 11.8. The fraction of sp³-hybridized carbons (Fsp3) is 0.417. The molecule has 1 N–H and O–H groups in total. The molecule has 0 radical (unpaired) electrons. The second-order valence-corrected chi connectivity index (χ2v) is 4.42. The van der Waals surface area contributed by atoms with E-state index in [1.54, 1.807) is 25.1 Å². The highest BCUT2D eigenvalue weighted by Gasteiger charge is 2.08. The van der Waals surface area contributed by atoms with E-state index >= 15 is 0 Å². The molecular weight excluding hydrogens is 284 g/mol. The summed E-state index contributed by atoms with van der Waals surface area (Å²) in [5.74, 6) is 0.728. The first-order chi connectivity index (χ1) is 8.17. The van der Waals surface area contributed by atoms with E-state index in [2.05, 4.69) is 21.2 Å². The lowest BCUT2D eigenvalue weighted by Crippen LogP contribution is -2.32. The van der Waals surface area contributed by atoms with E-state index in [1.165, 1.54) is 0 Å². The van der Waals surface area contributed by atoms with Gasteiger partial charge in [-0.1, -0.05) is 22.0 Å². The Labute approximate surface area is 110 Å². The van der Waals surface area contributed by atoms with Gasteiger partial charge in [0, 0.05) is 30.7 Å². The van der Waals surface area contributed by atoms with E-state index in [4.69, 9.17) is 4.74 Å². The van der Waals surface area contributed by atoms with E-state index < -0.39 is 0 Å². The summed E-state index contributed by atoms with van der Waals surface area (Å²) in [6.45, 7) is 0.723. The minimum Gasteiger partial charge on any atom is -0.497 e. The highest BCUT2D eigenvalue weighted by Crippen LogP contribution is 2.16. The van der Waals surface area contributed by atoms with Gasteiger partial charge in [-0.2, -0.15) is 0 Å². The third kappa shape index (κ3) is 4.65. The van der Waals surface area contributed by atoms with Gasteiger partial charge in [0.25, 0.3) is 0 Å². The van der Waals surface area contributed by atoms with Crippen molar-refractivity contribution >= 4 is 27.6 Å². The van der Waals surface area contributed by atoms with Crippen LogP contribution < -0.4 is 10.1 Å². The van der Waals surface area contributed by atoms with Crippen molar-refractivity contribution in [2.45, 2.75) is 6.42 Å². The first-order valence-electron chi connectivity index (χ1n) is 5.39. The Bertz CT molecular complexity index is 371. The average molecular weight is 301 g/mol. The molecule has 94 valence electrons. The van der Waals surface area contributed by atoms with Gasteiger partial charge in [0.1, 0.15) is 5.75 Å². The molecule has 0 unspecified atom stereocenters. The van der Waals surface area contributed by atoms with Gasteiger partial charge in [0.05, 0.1) is 7.11 Å². The number of nitrogens with zero attached hydrogens (tertiary/aromatic N) is 1. The van der Waals surface area contributed by atoms with Crippen molar-refractivity contribution in [2.24, 2.45) is 0 Å². The van der Waals surface area contributed by atoms with Crippen LogP contribution in [0.25, 0.3) is 0 Å². The maximum absolute atomic E-state index is 11.8. The molecule has 0 saturated heterocycles. The molecule has 1 aromatic rings. The second kappa shape index (κ2) is 7.17. The van der Waals surface area contributed by atoms with Gasteiger partial charge in [-0.05, 0) is 18.6 Å². The molecule has 2 amide bonds. The van der Waals surface area contributed by atoms with Gasteiger partial charge >= 0.3 is 6.03 Å². The molecule has 0 aliphatic carbocycles. The van der Waals surface area contributed by atoms with Crippen LogP contribution in [0.4, 0.5) is 10.5 Å². The van der Waals surface area contributed by atoms with Gasteiger partial charge in [-0.15, -0.1) is 0 Å². The number of halogens is 1. The fourth-order valence-electron chi connectivity index (χ4n) is 1.32. The molecule has 5 heteroatoms. The highest BCUT2D eigenvalue weighted by atomic mass is 79.9. The quantitative estimate of drug-likeness (QED) is 0.850. The zero-order valence-corrected chi connectivity index (χ0v) is 11.7. The molecule has 0 aromatic heterocycles. The highest BCUT2D eigenvalue weighted by molar-refractivity contribution is 9.09. The fourth-order valence-corrected chi connectivity index (χ4v) is 1.57. The van der Waals surface area contributed by atoms with Gasteiger partial charge in [0.15, 0.2) is 0 Å². The predicted octanol–water partition coefficient (Wildman–Crippen LogP) is 2.94. The monoisotopic (exact) mass is 300 g/mol. The number of anilines is 1. The maximum Gasteiger partial charge on any atom is 0.321 e. The summed E-state index contributed by atoms with van der Waals surface area (Å²) in [6, 6.07) is 7.19. The third-order valence-corrected chi connectivity index (χ3v) is 2.86. The Morgan fingerprint density at radius 3 is 2.94 bits per heavy atom. The van der Waals surface area contributed by atoms with Crippen LogP contribution >= 0.6 is 15.9 Å². The molecule has 0 atom stereocenters. The zero-order chi connectivity index (χ0) is 12.7. The normalized spacial score (nSPS) is 9.82. The van der Waals surface area contributed by atoms with Crippen LogP contribution in [0.3, 0.4) is 0 Å². The van der Waals surface area contributed by atoms with Gasteiger partial charge in [-0.3, -0.25) is 0 Å². The second-order valence-electron chi connectivity index (χ2n) is 3.63. The topological polar surface area (TPSA) is 41.6 Å². The van der Waals surface area contributed by atoms with Crippen molar-refractivity contribution in [3.63, 3.8) is 0 Å². The van der Waals surface area contributed by atoms with E-state index in [-0.39, 0.29) is 6.03 Å². The van der Waals surface area contributed by atoms with Crippen molar-refractivity contribution < 1.29 is 9.53 Å². The standard InChI is InChI=1S/C12H17BrN2O2/c1-15(8-4-7-13)12(16)14-10-5-3-6-11(9-10)17-2/h3,5-6,9H,4,7-8H2,1-2H3,(H,14,16). The minimum absolute atomic E-state index is 0.112. The third-order valence-electron chi connectivity index (χ3n) is 2.29. The lowest BCUT2D eigenvalue weighted by molar-refractivity contribution is 0.222. The predicted molar refractivity (Wildman–Crippen MR) is 73.1 cm³/mol. The number of alkyl halides is 1. The summed E-state index contributed by atoms with van der Waals surface area (Å²) >= 11 is 3.34. The number of benzene rings is 1. The summed E-state index contributed by atoms with van der Waals surface area (Å²) in [6.07, 6.45) is 0.933. The number of ether oxygens (including phenoxy) is 1. The summed E-state index contributed by atoms with van der Waals surface area (Å²) in [4.78, 5) is 13.4. The number of methoxy groups -OCH3 is 1. The van der Waals surface area contributed by atoms with Crippen LogP contribution in [-0.2, 0) is 0 Å². The van der Waals surface area contributed by atoms with E-state index in [0.29, 0.717) is 0 Å². The number of carbonyl (C=O) groups excluding carboxylic acids is 1. The molecular formula is C12H17BrN2O2. The van der Waals surface area contributed by atoms with E-state index in [0.717, 1.165) is 29.7 Å². The molecule has 17 heavy (non-hydrogen) atoms.